The molecule has 18 heavy (non-hydrogen) atoms. The molecule has 0 saturated carbocycles. The molecule has 88 valence electrons. The van der Waals surface area contributed by atoms with E-state index in [0.717, 1.165) is 27.6 Å². The van der Waals surface area contributed by atoms with E-state index in [1.165, 1.54) is 0 Å². The van der Waals surface area contributed by atoms with Crippen LogP contribution in [-0.4, -0.2) is 9.97 Å². The van der Waals surface area contributed by atoms with Gasteiger partial charge in [0.1, 0.15) is 5.65 Å². The third-order valence-electron chi connectivity index (χ3n) is 2.87. The first-order valence-corrected chi connectivity index (χ1v) is 5.80. The van der Waals surface area contributed by atoms with Gasteiger partial charge in [0.2, 0.25) is 0 Å². The zero-order valence-electron chi connectivity index (χ0n) is 9.80. The van der Waals surface area contributed by atoms with E-state index in [1.807, 2.05) is 54.6 Å². The minimum absolute atomic E-state index is 0.765. The molecule has 3 aromatic rings. The molecule has 0 atom stereocenters. The van der Waals surface area contributed by atoms with Crippen molar-refractivity contribution in [2.75, 3.05) is 5.73 Å². The van der Waals surface area contributed by atoms with Crippen LogP contribution in [0.15, 0.2) is 60.8 Å². The molecule has 3 rings (SSSR count). The number of hydrogen-bond donors (Lipinski definition) is 2. The van der Waals surface area contributed by atoms with Crippen LogP contribution < -0.4 is 5.73 Å². The number of H-pyrrole nitrogens is 1. The molecular weight excluding hydrogens is 222 g/mol. The fourth-order valence-electron chi connectivity index (χ4n) is 2.06. The number of nitrogens with zero attached hydrogens (tertiary/aromatic N) is 1. The lowest BCUT2D eigenvalue weighted by molar-refractivity contribution is 1.36. The summed E-state index contributed by atoms with van der Waals surface area (Å²) in [7, 11) is 0. The van der Waals surface area contributed by atoms with Crippen LogP contribution in [0.3, 0.4) is 0 Å². The highest BCUT2D eigenvalue weighted by Crippen LogP contribution is 2.27. The standard InChI is InChI=1S/C15H13N3/c16-12-8-6-9-13-14(12)11-7-4-2-1-3-5-10-17-15(11)18-13/h1-10H,16H2,(H,17,18). The molecular formula is C15H13N3. The molecule has 2 aromatic heterocycles. The van der Waals surface area contributed by atoms with Crippen LogP contribution in [0, 0.1) is 0 Å². The quantitative estimate of drug-likeness (QED) is 0.586. The van der Waals surface area contributed by atoms with Crippen molar-refractivity contribution in [3.05, 3.63) is 60.8 Å². The Balaban J connectivity index is 2.52. The molecule has 1 aromatic carbocycles. The second-order valence-corrected chi connectivity index (χ2v) is 4.06. The molecule has 3 heteroatoms. The summed E-state index contributed by atoms with van der Waals surface area (Å²) in [6.45, 7) is 0. The van der Waals surface area contributed by atoms with Gasteiger partial charge < -0.3 is 10.7 Å². The Morgan fingerprint density at radius 1 is 0.889 bits per heavy atom. The molecule has 0 unspecified atom stereocenters. The Bertz CT molecular complexity index is 758. The number of rotatable bonds is 0. The number of benzene rings is 1. The van der Waals surface area contributed by atoms with E-state index in [1.54, 1.807) is 6.20 Å². The van der Waals surface area contributed by atoms with E-state index in [0.29, 0.717) is 0 Å². The highest BCUT2D eigenvalue weighted by atomic mass is 14.8. The van der Waals surface area contributed by atoms with E-state index in [9.17, 15) is 0 Å². The van der Waals surface area contributed by atoms with E-state index in [4.69, 9.17) is 5.73 Å². The largest absolute Gasteiger partial charge is 0.398 e. The van der Waals surface area contributed by atoms with E-state index < -0.39 is 0 Å². The normalized spacial score (nSPS) is 10.4. The average molecular weight is 235 g/mol. The second-order valence-electron chi connectivity index (χ2n) is 4.06. The lowest BCUT2D eigenvalue weighted by Gasteiger charge is -1.94. The zero-order valence-corrected chi connectivity index (χ0v) is 9.80. The van der Waals surface area contributed by atoms with Gasteiger partial charge in [-0.3, -0.25) is 0 Å². The molecule has 0 radical (unpaired) electrons. The van der Waals surface area contributed by atoms with Gasteiger partial charge in [-0.25, -0.2) is 4.98 Å². The maximum Gasteiger partial charge on any atom is 0.138 e. The summed E-state index contributed by atoms with van der Waals surface area (Å²) >= 11 is 0. The monoisotopic (exact) mass is 235 g/mol. The predicted molar refractivity (Wildman–Crippen MR) is 75.6 cm³/mol. The highest BCUT2D eigenvalue weighted by Gasteiger charge is 2.04. The predicted octanol–water partition coefficient (Wildman–Crippen LogP) is 3.42. The lowest BCUT2D eigenvalue weighted by Crippen LogP contribution is -1.83. The summed E-state index contributed by atoms with van der Waals surface area (Å²) in [5, 5.41) is 2.05. The molecule has 2 heterocycles. The fraction of sp³-hybridized carbons (Fsp3) is 0. The topological polar surface area (TPSA) is 54.7 Å². The fourth-order valence-corrected chi connectivity index (χ4v) is 2.06. The van der Waals surface area contributed by atoms with Crippen molar-refractivity contribution in [2.45, 2.75) is 0 Å². The smallest absolute Gasteiger partial charge is 0.138 e. The van der Waals surface area contributed by atoms with Gasteiger partial charge >= 0.3 is 0 Å². The number of fused-ring (bicyclic) bond motifs is 3. The van der Waals surface area contributed by atoms with Crippen molar-refractivity contribution >= 4 is 27.6 Å². The summed E-state index contributed by atoms with van der Waals surface area (Å²) in [5.41, 5.74) is 8.65. The summed E-state index contributed by atoms with van der Waals surface area (Å²) < 4.78 is 0. The second kappa shape index (κ2) is 4.37. The van der Waals surface area contributed by atoms with Crippen LogP contribution >= 0.6 is 0 Å². The van der Waals surface area contributed by atoms with E-state index in [2.05, 4.69) is 9.97 Å². The number of anilines is 1. The summed E-state index contributed by atoms with van der Waals surface area (Å²) in [5.74, 6) is 0. The first-order chi connectivity index (χ1) is 8.86. The molecule has 0 spiro atoms. The average Bonchev–Trinajstić information content (AvgIpc) is 2.73. The van der Waals surface area contributed by atoms with Gasteiger partial charge in [-0.15, -0.1) is 0 Å². The Hall–Kier alpha value is -2.55. The molecule has 0 aliphatic heterocycles. The van der Waals surface area contributed by atoms with Crippen LogP contribution in [0.25, 0.3) is 21.9 Å². The summed E-state index contributed by atoms with van der Waals surface area (Å²) in [6.07, 6.45) is 1.77. The molecule has 0 aliphatic carbocycles. The van der Waals surface area contributed by atoms with Gasteiger partial charge in [-0.05, 0) is 18.2 Å². The Morgan fingerprint density at radius 2 is 1.72 bits per heavy atom. The molecule has 0 fully saturated rings. The van der Waals surface area contributed by atoms with Crippen molar-refractivity contribution in [3.63, 3.8) is 0 Å². The zero-order chi connectivity index (χ0) is 12.4. The van der Waals surface area contributed by atoms with Crippen molar-refractivity contribution < 1.29 is 0 Å². The van der Waals surface area contributed by atoms with Gasteiger partial charge in [-0.1, -0.05) is 36.4 Å². The van der Waals surface area contributed by atoms with Gasteiger partial charge in [0.15, 0.2) is 0 Å². The van der Waals surface area contributed by atoms with Crippen LogP contribution in [0.4, 0.5) is 5.69 Å². The Kier molecular flexibility index (Phi) is 2.57. The SMILES string of the molecule is Nc1cccc2[nH]c3ncccccccc3c12. The molecule has 3 N–H and O–H groups in total. The van der Waals surface area contributed by atoms with Crippen molar-refractivity contribution in [1.82, 2.24) is 9.97 Å². The van der Waals surface area contributed by atoms with Crippen molar-refractivity contribution in [2.24, 2.45) is 0 Å². The minimum Gasteiger partial charge on any atom is -0.398 e. The van der Waals surface area contributed by atoms with Crippen LogP contribution in [0.5, 0.6) is 0 Å². The Labute approximate surface area is 105 Å². The number of hydrogen-bond acceptors (Lipinski definition) is 2. The third kappa shape index (κ3) is 1.76. The molecule has 0 saturated heterocycles. The first kappa shape index (κ1) is 10.6. The van der Waals surface area contributed by atoms with Crippen LogP contribution in [-0.2, 0) is 0 Å². The van der Waals surface area contributed by atoms with E-state index in [-0.39, 0.29) is 0 Å². The molecule has 3 nitrogen and oxygen atoms in total. The number of nitrogens with two attached hydrogens (primary N) is 1. The maximum absolute atomic E-state index is 6.05. The van der Waals surface area contributed by atoms with Crippen molar-refractivity contribution in [1.29, 1.82) is 0 Å². The Morgan fingerprint density at radius 3 is 2.67 bits per heavy atom. The minimum atomic E-state index is 0.765. The first-order valence-electron chi connectivity index (χ1n) is 5.80. The number of nitrogen functional groups attached to an aromatic ring is 1. The lowest BCUT2D eigenvalue weighted by atomic mass is 10.1. The van der Waals surface area contributed by atoms with Gasteiger partial charge in [0.05, 0.1) is 0 Å². The van der Waals surface area contributed by atoms with Gasteiger partial charge in [0.25, 0.3) is 0 Å². The maximum atomic E-state index is 6.05. The molecule has 0 aliphatic rings. The summed E-state index contributed by atoms with van der Waals surface area (Å²) in [4.78, 5) is 7.70. The highest BCUT2D eigenvalue weighted by molar-refractivity contribution is 6.11. The molecule has 0 bridgehead atoms. The number of nitrogens with one attached hydrogen (secondary N) is 1. The van der Waals surface area contributed by atoms with E-state index >= 15 is 0 Å². The number of aromatic nitrogens is 2. The van der Waals surface area contributed by atoms with Gasteiger partial charge in [0, 0.05) is 28.2 Å². The third-order valence-corrected chi connectivity index (χ3v) is 2.87. The molecule has 0 amide bonds. The summed E-state index contributed by atoms with van der Waals surface area (Å²) in [6, 6.07) is 17.7. The van der Waals surface area contributed by atoms with Crippen LogP contribution in [0.1, 0.15) is 0 Å². The number of aromatic amines is 1. The van der Waals surface area contributed by atoms with Crippen molar-refractivity contribution in [3.8, 4) is 0 Å². The van der Waals surface area contributed by atoms with Crippen LogP contribution in [0.2, 0.25) is 0 Å². The van der Waals surface area contributed by atoms with Gasteiger partial charge in [-0.2, -0.15) is 0 Å².